The number of benzene rings is 4. The molecule has 4 aromatic carbocycles. The number of rotatable bonds is 8. The number of hydrogen-bond donors (Lipinski definition) is 3. The lowest BCUT2D eigenvalue weighted by atomic mass is 9.98. The Kier molecular flexibility index (Phi) is 8.61. The fraction of sp³-hybridized carbons (Fsp3) is 0.0882. The summed E-state index contributed by atoms with van der Waals surface area (Å²) in [6, 6.07) is 28.2. The third kappa shape index (κ3) is 7.04. The summed E-state index contributed by atoms with van der Waals surface area (Å²) in [5, 5.41) is 8.45. The van der Waals surface area contributed by atoms with Crippen LogP contribution in [0.4, 0.5) is 24.5 Å². The van der Waals surface area contributed by atoms with E-state index >= 15 is 0 Å². The maximum atomic E-state index is 13.2. The summed E-state index contributed by atoms with van der Waals surface area (Å²) in [4.78, 5) is 38.5. The lowest BCUT2D eigenvalue weighted by molar-refractivity contribution is -0.137. The highest BCUT2D eigenvalue weighted by atomic mass is 19.4. The summed E-state index contributed by atoms with van der Waals surface area (Å²) < 4.78 is 40.7. The zero-order valence-electron chi connectivity index (χ0n) is 23.5. The maximum absolute atomic E-state index is 13.2. The normalized spacial score (nSPS) is 11.1. The molecule has 0 saturated carbocycles. The van der Waals surface area contributed by atoms with Gasteiger partial charge in [0.15, 0.2) is 0 Å². The van der Waals surface area contributed by atoms with E-state index in [4.69, 9.17) is 0 Å². The van der Waals surface area contributed by atoms with Gasteiger partial charge in [-0.1, -0.05) is 48.5 Å². The van der Waals surface area contributed by atoms with Gasteiger partial charge < -0.3 is 20.5 Å². The maximum Gasteiger partial charge on any atom is 0.416 e. The van der Waals surface area contributed by atoms with Gasteiger partial charge in [-0.05, 0) is 77.4 Å². The number of carbonyl (C=O) groups excluding carboxylic acids is 3. The number of amides is 3. The highest BCUT2D eigenvalue weighted by Crippen LogP contribution is 2.32. The second-order valence-corrected chi connectivity index (χ2v) is 9.99. The van der Waals surface area contributed by atoms with Crippen molar-refractivity contribution in [2.75, 3.05) is 10.6 Å². The lowest BCUT2D eigenvalue weighted by Gasteiger charge is -2.13. The first-order valence-corrected chi connectivity index (χ1v) is 13.6. The molecule has 5 aromatic rings. The number of halogens is 3. The second kappa shape index (κ2) is 12.7. The van der Waals surface area contributed by atoms with Crippen molar-refractivity contribution in [2.45, 2.75) is 12.7 Å². The van der Waals surface area contributed by atoms with Crippen molar-refractivity contribution < 1.29 is 27.6 Å². The molecule has 0 atom stereocenters. The smallest absolute Gasteiger partial charge is 0.348 e. The standard InChI is InChI=1S/C34H27F3N4O3/c1-41-19-5-10-30(41)33(44)39-26-17-11-22(12-18-26)21-38-31(42)24-6-4-7-27(20-24)40-32(43)29-9-3-2-8-28(29)23-13-15-25(16-14-23)34(35,36)37/h2-20H,21H2,1H3,(H,38,42)(H,39,44)(H,40,43). The number of alkyl halides is 3. The summed E-state index contributed by atoms with van der Waals surface area (Å²) in [7, 11) is 1.79. The minimum atomic E-state index is -4.46. The summed E-state index contributed by atoms with van der Waals surface area (Å²) in [5.41, 5.74) is 3.10. The van der Waals surface area contributed by atoms with E-state index in [1.165, 1.54) is 18.2 Å². The van der Waals surface area contributed by atoms with Gasteiger partial charge in [-0.25, -0.2) is 0 Å². The molecule has 0 aliphatic rings. The third-order valence-electron chi connectivity index (χ3n) is 6.92. The predicted octanol–water partition coefficient (Wildman–Crippen LogP) is 7.15. The predicted molar refractivity (Wildman–Crippen MR) is 162 cm³/mol. The first kappa shape index (κ1) is 29.8. The fourth-order valence-corrected chi connectivity index (χ4v) is 4.59. The Labute approximate surface area is 251 Å². The summed E-state index contributed by atoms with van der Waals surface area (Å²) >= 11 is 0. The molecule has 0 fully saturated rings. The lowest BCUT2D eigenvalue weighted by Crippen LogP contribution is -2.23. The van der Waals surface area contributed by atoms with Gasteiger partial charge in [0.05, 0.1) is 5.56 Å². The topological polar surface area (TPSA) is 92.2 Å². The Morgan fingerprint density at radius 1 is 0.705 bits per heavy atom. The molecule has 0 spiro atoms. The second-order valence-electron chi connectivity index (χ2n) is 9.99. The van der Waals surface area contributed by atoms with Crippen molar-refractivity contribution in [2.24, 2.45) is 7.05 Å². The average molecular weight is 597 g/mol. The van der Waals surface area contributed by atoms with E-state index in [0.717, 1.165) is 17.7 Å². The summed E-state index contributed by atoms with van der Waals surface area (Å²) in [6.45, 7) is 0.238. The summed E-state index contributed by atoms with van der Waals surface area (Å²) in [5.74, 6) is -1.06. The van der Waals surface area contributed by atoms with E-state index in [0.29, 0.717) is 33.8 Å². The Bertz CT molecular complexity index is 1810. The van der Waals surface area contributed by atoms with Gasteiger partial charge in [0.2, 0.25) is 0 Å². The highest BCUT2D eigenvalue weighted by molar-refractivity contribution is 6.09. The molecule has 44 heavy (non-hydrogen) atoms. The van der Waals surface area contributed by atoms with Crippen LogP contribution >= 0.6 is 0 Å². The van der Waals surface area contributed by atoms with E-state index in [9.17, 15) is 27.6 Å². The van der Waals surface area contributed by atoms with Gasteiger partial charge in [0.1, 0.15) is 5.69 Å². The van der Waals surface area contributed by atoms with Crippen LogP contribution in [-0.2, 0) is 19.8 Å². The van der Waals surface area contributed by atoms with Gasteiger partial charge in [0.25, 0.3) is 17.7 Å². The van der Waals surface area contributed by atoms with E-state index < -0.39 is 17.6 Å². The number of nitrogens with one attached hydrogen (secondary N) is 3. The van der Waals surface area contributed by atoms with E-state index in [1.54, 1.807) is 96.7 Å². The zero-order valence-corrected chi connectivity index (χ0v) is 23.5. The van der Waals surface area contributed by atoms with Gasteiger partial charge in [0, 0.05) is 42.3 Å². The molecule has 0 unspecified atom stereocenters. The molecular weight excluding hydrogens is 569 g/mol. The molecule has 0 radical (unpaired) electrons. The van der Waals surface area contributed by atoms with E-state index in [1.807, 2.05) is 0 Å². The van der Waals surface area contributed by atoms with Crippen LogP contribution < -0.4 is 16.0 Å². The minimum Gasteiger partial charge on any atom is -0.348 e. The molecule has 1 aromatic heterocycles. The van der Waals surface area contributed by atoms with Crippen molar-refractivity contribution in [3.05, 3.63) is 143 Å². The molecule has 222 valence electrons. The Hall–Kier alpha value is -5.64. The van der Waals surface area contributed by atoms with Crippen LogP contribution in [-0.4, -0.2) is 22.3 Å². The number of hydrogen-bond acceptors (Lipinski definition) is 3. The molecular formula is C34H27F3N4O3. The molecule has 1 heterocycles. The van der Waals surface area contributed by atoms with Crippen molar-refractivity contribution >= 4 is 29.1 Å². The van der Waals surface area contributed by atoms with Crippen LogP contribution in [0, 0.1) is 0 Å². The third-order valence-corrected chi connectivity index (χ3v) is 6.92. The van der Waals surface area contributed by atoms with Gasteiger partial charge in [-0.2, -0.15) is 13.2 Å². The van der Waals surface area contributed by atoms with Gasteiger partial charge in [-0.15, -0.1) is 0 Å². The number of aromatic nitrogens is 1. The van der Waals surface area contributed by atoms with Crippen LogP contribution in [0.25, 0.3) is 11.1 Å². The molecule has 3 N–H and O–H groups in total. The molecule has 5 rings (SSSR count). The molecule has 0 aliphatic heterocycles. The van der Waals surface area contributed by atoms with E-state index in [-0.39, 0.29) is 23.9 Å². The first-order valence-electron chi connectivity index (χ1n) is 13.6. The molecule has 7 nitrogen and oxygen atoms in total. The molecule has 0 saturated heterocycles. The van der Waals surface area contributed by atoms with Crippen molar-refractivity contribution in [1.29, 1.82) is 0 Å². The molecule has 3 amide bonds. The Morgan fingerprint density at radius 3 is 2.09 bits per heavy atom. The highest BCUT2D eigenvalue weighted by Gasteiger charge is 2.30. The van der Waals surface area contributed by atoms with Crippen LogP contribution in [0.5, 0.6) is 0 Å². The van der Waals surface area contributed by atoms with Crippen molar-refractivity contribution in [1.82, 2.24) is 9.88 Å². The zero-order chi connectivity index (χ0) is 31.3. The van der Waals surface area contributed by atoms with Crippen molar-refractivity contribution in [3.8, 4) is 11.1 Å². The van der Waals surface area contributed by atoms with E-state index in [2.05, 4.69) is 16.0 Å². The van der Waals surface area contributed by atoms with Gasteiger partial charge in [-0.3, -0.25) is 14.4 Å². The summed E-state index contributed by atoms with van der Waals surface area (Å²) in [6.07, 6.45) is -2.67. The number of carbonyl (C=O) groups is 3. The van der Waals surface area contributed by atoms with Crippen LogP contribution in [0.15, 0.2) is 115 Å². The number of nitrogens with zero attached hydrogens (tertiary/aromatic N) is 1. The van der Waals surface area contributed by atoms with Crippen LogP contribution in [0.3, 0.4) is 0 Å². The first-order chi connectivity index (χ1) is 21.1. The Morgan fingerprint density at radius 2 is 1.41 bits per heavy atom. The minimum absolute atomic E-state index is 0.228. The number of aryl methyl sites for hydroxylation is 1. The monoisotopic (exact) mass is 596 g/mol. The SMILES string of the molecule is Cn1cccc1C(=O)Nc1ccc(CNC(=O)c2cccc(NC(=O)c3ccccc3-c3ccc(C(F)(F)F)cc3)c2)cc1. The Balaban J connectivity index is 1.20. The van der Waals surface area contributed by atoms with Crippen LogP contribution in [0.2, 0.25) is 0 Å². The van der Waals surface area contributed by atoms with Gasteiger partial charge >= 0.3 is 6.18 Å². The fourth-order valence-electron chi connectivity index (χ4n) is 4.59. The quantitative estimate of drug-likeness (QED) is 0.178. The molecule has 0 bridgehead atoms. The van der Waals surface area contributed by atoms with Crippen LogP contribution in [0.1, 0.15) is 42.3 Å². The average Bonchev–Trinajstić information content (AvgIpc) is 3.46. The molecule has 0 aliphatic carbocycles. The van der Waals surface area contributed by atoms with Crippen molar-refractivity contribution in [3.63, 3.8) is 0 Å². The largest absolute Gasteiger partial charge is 0.416 e. The number of anilines is 2. The molecule has 10 heteroatoms.